The van der Waals surface area contributed by atoms with Gasteiger partial charge in [0.25, 0.3) is 0 Å². The van der Waals surface area contributed by atoms with Crippen LogP contribution in [0.15, 0.2) is 0 Å². The summed E-state index contributed by atoms with van der Waals surface area (Å²) in [7, 11) is 0. The zero-order valence-electron chi connectivity index (χ0n) is 12.7. The summed E-state index contributed by atoms with van der Waals surface area (Å²) in [6.07, 6.45) is 0.948. The summed E-state index contributed by atoms with van der Waals surface area (Å²) < 4.78 is 6.95. The standard InChI is InChI=1S/C14H23ClN4O2/c1-11-14(15)12(2)19(17-11)10-13(20)16-4-3-5-18-6-8-21-9-7-18/h3-10H2,1-2H3,(H,16,20). The monoisotopic (exact) mass is 314 g/mol. The van der Waals surface area contributed by atoms with E-state index in [9.17, 15) is 4.79 Å². The van der Waals surface area contributed by atoms with Gasteiger partial charge < -0.3 is 10.1 Å². The maximum atomic E-state index is 11.9. The van der Waals surface area contributed by atoms with Gasteiger partial charge in [-0.15, -0.1) is 0 Å². The second-order valence-electron chi connectivity index (χ2n) is 5.30. The number of hydrogen-bond donors (Lipinski definition) is 1. The number of carbonyl (C=O) groups is 1. The van der Waals surface area contributed by atoms with E-state index in [1.54, 1.807) is 4.68 Å². The number of carbonyl (C=O) groups excluding carboxylic acids is 1. The lowest BCUT2D eigenvalue weighted by Crippen LogP contribution is -2.38. The van der Waals surface area contributed by atoms with Gasteiger partial charge in [0.05, 0.1) is 29.6 Å². The summed E-state index contributed by atoms with van der Waals surface area (Å²) in [5, 5.41) is 7.81. The number of rotatable bonds is 6. The first kappa shape index (κ1) is 16.3. The van der Waals surface area contributed by atoms with Crippen molar-refractivity contribution in [3.8, 4) is 0 Å². The molecular weight excluding hydrogens is 292 g/mol. The van der Waals surface area contributed by atoms with Gasteiger partial charge in [-0.2, -0.15) is 5.10 Å². The molecule has 0 bridgehead atoms. The highest BCUT2D eigenvalue weighted by Gasteiger charge is 2.12. The van der Waals surface area contributed by atoms with E-state index in [-0.39, 0.29) is 12.5 Å². The zero-order chi connectivity index (χ0) is 15.2. The van der Waals surface area contributed by atoms with E-state index in [0.717, 1.165) is 50.7 Å². The van der Waals surface area contributed by atoms with Crippen molar-refractivity contribution in [3.63, 3.8) is 0 Å². The molecule has 1 N–H and O–H groups in total. The van der Waals surface area contributed by atoms with Crippen molar-refractivity contribution >= 4 is 17.5 Å². The third-order valence-corrected chi connectivity index (χ3v) is 4.21. The number of halogens is 1. The average Bonchev–Trinajstić information content (AvgIpc) is 2.72. The van der Waals surface area contributed by atoms with Crippen LogP contribution in [0.2, 0.25) is 5.02 Å². The van der Waals surface area contributed by atoms with Gasteiger partial charge in [0, 0.05) is 19.6 Å². The molecule has 1 aliphatic heterocycles. The normalized spacial score (nSPS) is 16.1. The van der Waals surface area contributed by atoms with E-state index >= 15 is 0 Å². The van der Waals surface area contributed by atoms with Crippen LogP contribution in [0.3, 0.4) is 0 Å². The van der Waals surface area contributed by atoms with Gasteiger partial charge in [0.1, 0.15) is 6.54 Å². The van der Waals surface area contributed by atoms with Gasteiger partial charge >= 0.3 is 0 Å². The predicted molar refractivity (Wildman–Crippen MR) is 81.6 cm³/mol. The first-order valence-corrected chi connectivity index (χ1v) is 7.72. The maximum absolute atomic E-state index is 11.9. The molecule has 0 radical (unpaired) electrons. The molecule has 1 amide bonds. The Morgan fingerprint density at radius 2 is 2.10 bits per heavy atom. The van der Waals surface area contributed by atoms with Gasteiger partial charge in [0.2, 0.25) is 5.91 Å². The third-order valence-electron chi connectivity index (χ3n) is 3.66. The second kappa shape index (κ2) is 7.77. The van der Waals surface area contributed by atoms with Crippen LogP contribution < -0.4 is 5.32 Å². The van der Waals surface area contributed by atoms with Gasteiger partial charge in [-0.05, 0) is 26.8 Å². The van der Waals surface area contributed by atoms with Crippen LogP contribution in [0.4, 0.5) is 0 Å². The van der Waals surface area contributed by atoms with Gasteiger partial charge in [-0.3, -0.25) is 14.4 Å². The van der Waals surface area contributed by atoms with Gasteiger partial charge in [0.15, 0.2) is 0 Å². The second-order valence-corrected chi connectivity index (χ2v) is 5.68. The molecule has 1 saturated heterocycles. The Bertz CT molecular complexity index is 484. The molecule has 2 heterocycles. The van der Waals surface area contributed by atoms with E-state index in [0.29, 0.717) is 11.6 Å². The molecule has 2 rings (SSSR count). The third kappa shape index (κ3) is 4.69. The molecule has 0 saturated carbocycles. The number of morpholine rings is 1. The number of nitrogens with zero attached hydrogens (tertiary/aromatic N) is 3. The molecule has 0 unspecified atom stereocenters. The number of nitrogens with one attached hydrogen (secondary N) is 1. The molecular formula is C14H23ClN4O2. The molecule has 7 heteroatoms. The highest BCUT2D eigenvalue weighted by molar-refractivity contribution is 6.31. The Balaban J connectivity index is 1.66. The highest BCUT2D eigenvalue weighted by Crippen LogP contribution is 2.18. The van der Waals surface area contributed by atoms with Crippen molar-refractivity contribution in [2.24, 2.45) is 0 Å². The molecule has 1 aliphatic rings. The summed E-state index contributed by atoms with van der Waals surface area (Å²) in [5.74, 6) is -0.0285. The SMILES string of the molecule is Cc1nn(CC(=O)NCCCN2CCOCC2)c(C)c1Cl. The maximum Gasteiger partial charge on any atom is 0.241 e. The van der Waals surface area contributed by atoms with Crippen molar-refractivity contribution in [1.29, 1.82) is 0 Å². The van der Waals surface area contributed by atoms with E-state index in [2.05, 4.69) is 15.3 Å². The van der Waals surface area contributed by atoms with Crippen LogP contribution in [0.1, 0.15) is 17.8 Å². The molecule has 0 aliphatic carbocycles. The first-order valence-electron chi connectivity index (χ1n) is 7.34. The van der Waals surface area contributed by atoms with Crippen LogP contribution in [0.25, 0.3) is 0 Å². The Labute approximate surface area is 130 Å². The van der Waals surface area contributed by atoms with E-state index in [1.807, 2.05) is 13.8 Å². The first-order chi connectivity index (χ1) is 10.1. The smallest absolute Gasteiger partial charge is 0.241 e. The lowest BCUT2D eigenvalue weighted by atomic mass is 10.3. The van der Waals surface area contributed by atoms with Crippen LogP contribution in [0, 0.1) is 13.8 Å². The van der Waals surface area contributed by atoms with Crippen LogP contribution in [0.5, 0.6) is 0 Å². The lowest BCUT2D eigenvalue weighted by molar-refractivity contribution is -0.121. The molecule has 0 spiro atoms. The van der Waals surface area contributed by atoms with Crippen molar-refractivity contribution in [3.05, 3.63) is 16.4 Å². The van der Waals surface area contributed by atoms with E-state index in [4.69, 9.17) is 16.3 Å². The topological polar surface area (TPSA) is 59.4 Å². The largest absolute Gasteiger partial charge is 0.379 e. The summed E-state index contributed by atoms with van der Waals surface area (Å²) in [5.41, 5.74) is 1.59. The summed E-state index contributed by atoms with van der Waals surface area (Å²) in [6, 6.07) is 0. The number of amides is 1. The molecule has 0 aromatic carbocycles. The van der Waals surface area contributed by atoms with Crippen molar-refractivity contribution in [1.82, 2.24) is 20.0 Å². The molecule has 21 heavy (non-hydrogen) atoms. The molecule has 1 fully saturated rings. The minimum atomic E-state index is -0.0285. The van der Waals surface area contributed by atoms with Gasteiger partial charge in [-0.1, -0.05) is 11.6 Å². The fourth-order valence-corrected chi connectivity index (χ4v) is 2.51. The Kier molecular flexibility index (Phi) is 6.02. The van der Waals surface area contributed by atoms with Crippen LogP contribution >= 0.6 is 11.6 Å². The lowest BCUT2D eigenvalue weighted by Gasteiger charge is -2.26. The Hall–Kier alpha value is -1.11. The van der Waals surface area contributed by atoms with Gasteiger partial charge in [-0.25, -0.2) is 0 Å². The van der Waals surface area contributed by atoms with Crippen LogP contribution in [-0.4, -0.2) is 60.0 Å². The summed E-state index contributed by atoms with van der Waals surface area (Å²) in [4.78, 5) is 14.2. The Morgan fingerprint density at radius 3 is 2.71 bits per heavy atom. The molecule has 118 valence electrons. The fourth-order valence-electron chi connectivity index (χ4n) is 2.38. The van der Waals surface area contributed by atoms with E-state index in [1.165, 1.54) is 0 Å². The molecule has 1 aromatic rings. The van der Waals surface area contributed by atoms with Crippen molar-refractivity contribution < 1.29 is 9.53 Å². The molecule has 1 aromatic heterocycles. The number of aromatic nitrogens is 2. The highest BCUT2D eigenvalue weighted by atomic mass is 35.5. The minimum absolute atomic E-state index is 0.0285. The number of hydrogen-bond acceptors (Lipinski definition) is 4. The minimum Gasteiger partial charge on any atom is -0.379 e. The fraction of sp³-hybridized carbons (Fsp3) is 0.714. The Morgan fingerprint density at radius 1 is 1.38 bits per heavy atom. The van der Waals surface area contributed by atoms with Crippen LogP contribution in [-0.2, 0) is 16.1 Å². The van der Waals surface area contributed by atoms with Crippen molar-refractivity contribution in [2.45, 2.75) is 26.8 Å². The molecule has 0 atom stereocenters. The summed E-state index contributed by atoms with van der Waals surface area (Å²) >= 11 is 6.06. The van der Waals surface area contributed by atoms with Crippen molar-refractivity contribution in [2.75, 3.05) is 39.4 Å². The average molecular weight is 315 g/mol. The molecule has 6 nitrogen and oxygen atoms in total. The summed E-state index contributed by atoms with van der Waals surface area (Å²) in [6.45, 7) is 9.20. The zero-order valence-corrected chi connectivity index (χ0v) is 13.4. The quantitative estimate of drug-likeness (QED) is 0.796. The predicted octanol–water partition coefficient (Wildman–Crippen LogP) is 0.992. The number of aryl methyl sites for hydroxylation is 1. The van der Waals surface area contributed by atoms with E-state index < -0.39 is 0 Å². The number of ether oxygens (including phenoxy) is 1.